The minimum atomic E-state index is 0.164. The van der Waals surface area contributed by atoms with E-state index in [-0.39, 0.29) is 11.8 Å². The predicted molar refractivity (Wildman–Crippen MR) is 84.0 cm³/mol. The van der Waals surface area contributed by atoms with Gasteiger partial charge in [-0.15, -0.1) is 0 Å². The van der Waals surface area contributed by atoms with Crippen molar-refractivity contribution in [2.75, 3.05) is 13.1 Å². The summed E-state index contributed by atoms with van der Waals surface area (Å²) >= 11 is 0. The van der Waals surface area contributed by atoms with Crippen LogP contribution in [0.5, 0.6) is 0 Å². The summed E-state index contributed by atoms with van der Waals surface area (Å²) in [7, 11) is 0. The standard InChI is InChI=1S/C18H28N2O2/c21-15(19-11-13-9-17(13)5-6-17)3-1-2-4-16(22)20-12-14-10-18(14)7-8-18/h13-14H,1-12H2,(H,19,21)(H,20,22). The Kier molecular flexibility index (Phi) is 3.46. The fourth-order valence-electron chi connectivity index (χ4n) is 4.21. The molecule has 122 valence electrons. The van der Waals surface area contributed by atoms with E-state index in [1.54, 1.807) is 0 Å². The third-order valence-corrected chi connectivity index (χ3v) is 6.65. The average Bonchev–Trinajstić information content (AvgIpc) is 3.34. The molecule has 0 aromatic heterocycles. The molecule has 4 saturated carbocycles. The average molecular weight is 304 g/mol. The van der Waals surface area contributed by atoms with Crippen molar-refractivity contribution >= 4 is 11.8 Å². The van der Waals surface area contributed by atoms with E-state index in [1.165, 1.54) is 38.5 Å². The topological polar surface area (TPSA) is 58.2 Å². The van der Waals surface area contributed by atoms with Crippen LogP contribution in [0.15, 0.2) is 0 Å². The fourth-order valence-corrected chi connectivity index (χ4v) is 4.21. The second kappa shape index (κ2) is 5.24. The Balaban J connectivity index is 0.992. The molecule has 0 aromatic rings. The highest BCUT2D eigenvalue weighted by molar-refractivity contribution is 5.77. The molecule has 2 spiro atoms. The molecular formula is C18H28N2O2. The molecule has 0 saturated heterocycles. The first-order chi connectivity index (χ1) is 10.6. The molecule has 2 N–H and O–H groups in total. The third kappa shape index (κ3) is 3.16. The van der Waals surface area contributed by atoms with Gasteiger partial charge in [0.1, 0.15) is 0 Å². The number of rotatable bonds is 9. The van der Waals surface area contributed by atoms with Gasteiger partial charge in [-0.25, -0.2) is 0 Å². The SMILES string of the molecule is O=C(CCCCC(=O)NCC1CC12CC2)NCC1CC12CC2. The maximum Gasteiger partial charge on any atom is 0.220 e. The minimum Gasteiger partial charge on any atom is -0.356 e. The van der Waals surface area contributed by atoms with E-state index in [0.29, 0.717) is 23.7 Å². The number of hydrogen-bond acceptors (Lipinski definition) is 2. The molecule has 2 unspecified atom stereocenters. The lowest BCUT2D eigenvalue weighted by Gasteiger charge is -2.06. The van der Waals surface area contributed by atoms with E-state index in [2.05, 4.69) is 10.6 Å². The van der Waals surface area contributed by atoms with Crippen LogP contribution in [-0.4, -0.2) is 24.9 Å². The Labute approximate surface area is 132 Å². The van der Waals surface area contributed by atoms with Gasteiger partial charge in [0.2, 0.25) is 11.8 Å². The van der Waals surface area contributed by atoms with Gasteiger partial charge in [0.15, 0.2) is 0 Å². The molecule has 0 radical (unpaired) electrons. The summed E-state index contributed by atoms with van der Waals surface area (Å²) in [5.41, 5.74) is 1.35. The zero-order valence-electron chi connectivity index (χ0n) is 13.5. The molecule has 2 atom stereocenters. The first-order valence-electron chi connectivity index (χ1n) is 9.15. The van der Waals surface area contributed by atoms with E-state index >= 15 is 0 Å². The number of unbranched alkanes of at least 4 members (excludes halogenated alkanes) is 1. The van der Waals surface area contributed by atoms with Crippen LogP contribution in [0.1, 0.15) is 64.2 Å². The molecule has 4 heteroatoms. The summed E-state index contributed by atoms with van der Waals surface area (Å²) in [6.45, 7) is 1.75. The van der Waals surface area contributed by atoms with Crippen molar-refractivity contribution in [2.24, 2.45) is 22.7 Å². The van der Waals surface area contributed by atoms with Gasteiger partial charge in [0, 0.05) is 25.9 Å². The zero-order valence-corrected chi connectivity index (χ0v) is 13.5. The van der Waals surface area contributed by atoms with Gasteiger partial charge in [0.25, 0.3) is 0 Å². The van der Waals surface area contributed by atoms with Gasteiger partial charge in [0.05, 0.1) is 0 Å². The molecule has 4 rings (SSSR count). The predicted octanol–water partition coefficient (Wildman–Crippen LogP) is 2.38. The van der Waals surface area contributed by atoms with Gasteiger partial charge in [-0.05, 0) is 74.0 Å². The second-order valence-electron chi connectivity index (χ2n) is 8.34. The lowest BCUT2D eigenvalue weighted by atomic mass is 10.1. The summed E-state index contributed by atoms with van der Waals surface area (Å²) in [4.78, 5) is 23.5. The van der Waals surface area contributed by atoms with Crippen LogP contribution in [0.2, 0.25) is 0 Å². The van der Waals surface area contributed by atoms with E-state index in [9.17, 15) is 9.59 Å². The van der Waals surface area contributed by atoms with Crippen molar-refractivity contribution in [3.63, 3.8) is 0 Å². The fraction of sp³-hybridized carbons (Fsp3) is 0.889. The summed E-state index contributed by atoms with van der Waals surface area (Å²) in [5.74, 6) is 1.85. The highest BCUT2D eigenvalue weighted by Gasteiger charge is 2.62. The highest BCUT2D eigenvalue weighted by Crippen LogP contribution is 2.70. The van der Waals surface area contributed by atoms with Crippen LogP contribution in [0, 0.1) is 22.7 Å². The molecule has 0 aromatic carbocycles. The van der Waals surface area contributed by atoms with Gasteiger partial charge in [-0.2, -0.15) is 0 Å². The normalized spacial score (nSPS) is 30.9. The molecular weight excluding hydrogens is 276 g/mol. The summed E-state index contributed by atoms with van der Waals surface area (Å²) < 4.78 is 0. The highest BCUT2D eigenvalue weighted by atomic mass is 16.2. The van der Waals surface area contributed by atoms with Gasteiger partial charge in [-0.3, -0.25) is 9.59 Å². The summed E-state index contributed by atoms with van der Waals surface area (Å²) in [5, 5.41) is 6.11. The molecule has 4 aliphatic carbocycles. The largest absolute Gasteiger partial charge is 0.356 e. The van der Waals surface area contributed by atoms with E-state index in [4.69, 9.17) is 0 Å². The Hall–Kier alpha value is -1.06. The molecule has 2 amide bonds. The molecule has 4 fully saturated rings. The molecule has 22 heavy (non-hydrogen) atoms. The quantitative estimate of drug-likeness (QED) is 0.643. The Morgan fingerprint density at radius 2 is 1.18 bits per heavy atom. The first kappa shape index (κ1) is 14.5. The van der Waals surface area contributed by atoms with Gasteiger partial charge in [-0.1, -0.05) is 0 Å². The van der Waals surface area contributed by atoms with Crippen LogP contribution >= 0.6 is 0 Å². The summed E-state index contributed by atoms with van der Waals surface area (Å²) in [6.07, 6.45) is 11.0. The van der Waals surface area contributed by atoms with Crippen LogP contribution < -0.4 is 10.6 Å². The number of carbonyl (C=O) groups is 2. The Morgan fingerprint density at radius 1 is 0.773 bits per heavy atom. The molecule has 0 heterocycles. The van der Waals surface area contributed by atoms with Crippen LogP contribution in [-0.2, 0) is 9.59 Å². The number of carbonyl (C=O) groups excluding carboxylic acids is 2. The van der Waals surface area contributed by atoms with Crippen molar-refractivity contribution in [1.82, 2.24) is 10.6 Å². The lowest BCUT2D eigenvalue weighted by Crippen LogP contribution is -2.27. The molecule has 0 aliphatic heterocycles. The minimum absolute atomic E-state index is 0.164. The van der Waals surface area contributed by atoms with Crippen molar-refractivity contribution in [3.8, 4) is 0 Å². The first-order valence-corrected chi connectivity index (χ1v) is 9.15. The van der Waals surface area contributed by atoms with Crippen molar-refractivity contribution in [2.45, 2.75) is 64.2 Å². The molecule has 4 aliphatic rings. The Morgan fingerprint density at radius 3 is 1.50 bits per heavy atom. The molecule has 0 bridgehead atoms. The smallest absolute Gasteiger partial charge is 0.220 e. The maximum absolute atomic E-state index is 11.7. The van der Waals surface area contributed by atoms with Crippen molar-refractivity contribution in [3.05, 3.63) is 0 Å². The van der Waals surface area contributed by atoms with Crippen molar-refractivity contribution < 1.29 is 9.59 Å². The number of hydrogen-bond donors (Lipinski definition) is 2. The van der Waals surface area contributed by atoms with E-state index < -0.39 is 0 Å². The zero-order chi connectivity index (χ0) is 15.2. The number of nitrogens with one attached hydrogen (secondary N) is 2. The Bertz CT molecular complexity index is 435. The van der Waals surface area contributed by atoms with Gasteiger partial charge < -0.3 is 10.6 Å². The van der Waals surface area contributed by atoms with Crippen molar-refractivity contribution in [1.29, 1.82) is 0 Å². The van der Waals surface area contributed by atoms with Crippen LogP contribution in [0.3, 0.4) is 0 Å². The van der Waals surface area contributed by atoms with Crippen LogP contribution in [0.4, 0.5) is 0 Å². The monoisotopic (exact) mass is 304 g/mol. The molecule has 4 nitrogen and oxygen atoms in total. The van der Waals surface area contributed by atoms with E-state index in [0.717, 1.165) is 37.8 Å². The summed E-state index contributed by atoms with van der Waals surface area (Å²) in [6, 6.07) is 0. The maximum atomic E-state index is 11.7. The number of amides is 2. The van der Waals surface area contributed by atoms with Gasteiger partial charge >= 0.3 is 0 Å². The van der Waals surface area contributed by atoms with Crippen LogP contribution in [0.25, 0.3) is 0 Å². The third-order valence-electron chi connectivity index (χ3n) is 6.65. The van der Waals surface area contributed by atoms with E-state index in [1.807, 2.05) is 0 Å². The lowest BCUT2D eigenvalue weighted by molar-refractivity contribution is -0.123. The second-order valence-corrected chi connectivity index (χ2v) is 8.34.